The van der Waals surface area contributed by atoms with Crippen LogP contribution in [0.5, 0.6) is 0 Å². The summed E-state index contributed by atoms with van der Waals surface area (Å²) in [5, 5.41) is 1.14. The van der Waals surface area contributed by atoms with Gasteiger partial charge in [-0.25, -0.2) is 0 Å². The van der Waals surface area contributed by atoms with Crippen LogP contribution >= 0.6 is 23.2 Å². The Balaban J connectivity index is 1.47. The second kappa shape index (κ2) is 7.57. The number of morpholine rings is 1. The van der Waals surface area contributed by atoms with E-state index in [1.807, 2.05) is 53.4 Å². The van der Waals surface area contributed by atoms with E-state index in [0.717, 1.165) is 24.2 Å². The van der Waals surface area contributed by atoms with Crippen molar-refractivity contribution in [2.24, 2.45) is 0 Å². The van der Waals surface area contributed by atoms with Crippen molar-refractivity contribution in [3.63, 3.8) is 0 Å². The molecule has 2 aromatic rings. The van der Waals surface area contributed by atoms with E-state index in [2.05, 4.69) is 4.90 Å². The Bertz CT molecular complexity index is 800. The Morgan fingerprint density at radius 3 is 2.65 bits per heavy atom. The summed E-state index contributed by atoms with van der Waals surface area (Å²) in [6, 6.07) is 15.4. The largest absolute Gasteiger partial charge is 0.373 e. The number of hydrogen-bond acceptors (Lipinski definition) is 3. The molecule has 26 heavy (non-hydrogen) atoms. The molecule has 0 saturated carbocycles. The van der Waals surface area contributed by atoms with Crippen molar-refractivity contribution in [3.05, 3.63) is 69.7 Å². The molecular weight excluding hydrogens is 371 g/mol. The molecule has 0 spiro atoms. The van der Waals surface area contributed by atoms with Crippen LogP contribution in [0.3, 0.4) is 0 Å². The minimum atomic E-state index is 0.0548. The van der Waals surface area contributed by atoms with E-state index in [4.69, 9.17) is 27.9 Å². The Kier molecular flexibility index (Phi) is 5.18. The standard InChI is InChI=1S/C20H20Cl2N2O2/c21-16-7-6-14(10-17(16)22)11-23-8-9-26-19-13-24(12-18(19)23)20(25)15-4-2-1-3-5-15/h1-7,10,18-19H,8-9,11-13H2. The number of fused-ring (bicyclic) bond motifs is 1. The summed E-state index contributed by atoms with van der Waals surface area (Å²) in [4.78, 5) is 17.0. The van der Waals surface area contributed by atoms with Gasteiger partial charge in [0.25, 0.3) is 5.91 Å². The molecular formula is C20H20Cl2N2O2. The lowest BCUT2D eigenvalue weighted by molar-refractivity contribution is -0.0503. The first-order valence-corrected chi connectivity index (χ1v) is 9.51. The van der Waals surface area contributed by atoms with E-state index in [9.17, 15) is 4.79 Å². The summed E-state index contributed by atoms with van der Waals surface area (Å²) >= 11 is 12.2. The molecule has 0 N–H and O–H groups in total. The smallest absolute Gasteiger partial charge is 0.253 e. The number of amides is 1. The molecule has 4 nitrogen and oxygen atoms in total. The third kappa shape index (κ3) is 3.60. The minimum Gasteiger partial charge on any atom is -0.373 e. The predicted octanol–water partition coefficient (Wildman–Crippen LogP) is 3.72. The number of carbonyl (C=O) groups excluding carboxylic acids is 1. The Labute approximate surface area is 163 Å². The molecule has 2 aliphatic rings. The van der Waals surface area contributed by atoms with E-state index in [-0.39, 0.29) is 18.1 Å². The Morgan fingerprint density at radius 2 is 1.88 bits per heavy atom. The first kappa shape index (κ1) is 17.8. The lowest BCUT2D eigenvalue weighted by Gasteiger charge is -2.36. The number of likely N-dealkylation sites (tertiary alicyclic amines) is 1. The zero-order valence-corrected chi connectivity index (χ0v) is 15.8. The quantitative estimate of drug-likeness (QED) is 0.800. The summed E-state index contributed by atoms with van der Waals surface area (Å²) < 4.78 is 5.95. The van der Waals surface area contributed by atoms with Gasteiger partial charge in [0.05, 0.1) is 28.8 Å². The zero-order chi connectivity index (χ0) is 18.1. The molecule has 2 saturated heterocycles. The van der Waals surface area contributed by atoms with Crippen molar-refractivity contribution < 1.29 is 9.53 Å². The molecule has 136 valence electrons. The third-order valence-corrected chi connectivity index (χ3v) is 5.83. The van der Waals surface area contributed by atoms with Crippen molar-refractivity contribution in [2.45, 2.75) is 18.7 Å². The van der Waals surface area contributed by atoms with Crippen LogP contribution in [0.4, 0.5) is 0 Å². The van der Waals surface area contributed by atoms with Gasteiger partial charge in [-0.2, -0.15) is 0 Å². The lowest BCUT2D eigenvalue weighted by Crippen LogP contribution is -2.50. The first-order chi connectivity index (χ1) is 12.6. The molecule has 2 aromatic carbocycles. The Morgan fingerprint density at radius 1 is 1.08 bits per heavy atom. The number of halogens is 2. The fourth-order valence-corrected chi connectivity index (χ4v) is 4.08. The highest BCUT2D eigenvalue weighted by atomic mass is 35.5. The molecule has 2 aliphatic heterocycles. The second-order valence-corrected chi connectivity index (χ2v) is 7.59. The maximum atomic E-state index is 12.8. The average Bonchev–Trinajstić information content (AvgIpc) is 3.10. The van der Waals surface area contributed by atoms with Crippen molar-refractivity contribution in [3.8, 4) is 0 Å². The second-order valence-electron chi connectivity index (χ2n) is 6.77. The molecule has 4 rings (SSSR count). The van der Waals surface area contributed by atoms with Gasteiger partial charge in [0.2, 0.25) is 0 Å². The monoisotopic (exact) mass is 390 g/mol. The van der Waals surface area contributed by atoms with E-state index in [1.165, 1.54) is 0 Å². The van der Waals surface area contributed by atoms with Crippen LogP contribution < -0.4 is 0 Å². The number of ether oxygens (including phenoxy) is 1. The SMILES string of the molecule is O=C(c1ccccc1)N1CC2OCCN(Cc3ccc(Cl)c(Cl)c3)C2C1. The van der Waals surface area contributed by atoms with Gasteiger partial charge in [-0.05, 0) is 29.8 Å². The summed E-state index contributed by atoms with van der Waals surface area (Å²) in [7, 11) is 0. The number of nitrogens with zero attached hydrogens (tertiary/aromatic N) is 2. The number of rotatable bonds is 3. The number of hydrogen-bond donors (Lipinski definition) is 0. The topological polar surface area (TPSA) is 32.8 Å². The maximum Gasteiger partial charge on any atom is 0.253 e. The van der Waals surface area contributed by atoms with Gasteiger partial charge >= 0.3 is 0 Å². The van der Waals surface area contributed by atoms with Crippen molar-refractivity contribution in [1.82, 2.24) is 9.80 Å². The molecule has 0 radical (unpaired) electrons. The van der Waals surface area contributed by atoms with E-state index in [1.54, 1.807) is 0 Å². The summed E-state index contributed by atoms with van der Waals surface area (Å²) in [6.07, 6.45) is 0.0548. The van der Waals surface area contributed by atoms with Gasteiger partial charge in [-0.3, -0.25) is 9.69 Å². The van der Waals surface area contributed by atoms with E-state index in [0.29, 0.717) is 29.7 Å². The van der Waals surface area contributed by atoms with Gasteiger partial charge < -0.3 is 9.64 Å². The fraction of sp³-hybridized carbons (Fsp3) is 0.350. The van der Waals surface area contributed by atoms with Gasteiger partial charge in [0.1, 0.15) is 0 Å². The van der Waals surface area contributed by atoms with Crippen LogP contribution in [0.15, 0.2) is 48.5 Å². The molecule has 1 amide bonds. The van der Waals surface area contributed by atoms with Gasteiger partial charge in [-0.1, -0.05) is 47.5 Å². The summed E-state index contributed by atoms with van der Waals surface area (Å²) in [5.74, 6) is 0.0677. The molecule has 0 aliphatic carbocycles. The van der Waals surface area contributed by atoms with Crippen LogP contribution in [0, 0.1) is 0 Å². The number of carbonyl (C=O) groups is 1. The van der Waals surface area contributed by atoms with Gasteiger partial charge in [0.15, 0.2) is 0 Å². The van der Waals surface area contributed by atoms with Crippen LogP contribution in [-0.4, -0.2) is 54.1 Å². The third-order valence-electron chi connectivity index (χ3n) is 5.09. The molecule has 2 heterocycles. The highest BCUT2D eigenvalue weighted by Crippen LogP contribution is 2.28. The molecule has 0 aromatic heterocycles. The average molecular weight is 391 g/mol. The number of benzene rings is 2. The highest BCUT2D eigenvalue weighted by Gasteiger charge is 2.41. The van der Waals surface area contributed by atoms with Crippen LogP contribution in [0.25, 0.3) is 0 Å². The van der Waals surface area contributed by atoms with Crippen LogP contribution in [0.2, 0.25) is 10.0 Å². The summed E-state index contributed by atoms with van der Waals surface area (Å²) in [6.45, 7) is 3.61. The minimum absolute atomic E-state index is 0.0548. The highest BCUT2D eigenvalue weighted by molar-refractivity contribution is 6.42. The van der Waals surface area contributed by atoms with Crippen molar-refractivity contribution >= 4 is 29.1 Å². The normalized spacial score (nSPS) is 23.1. The molecule has 2 fully saturated rings. The van der Waals surface area contributed by atoms with Crippen LogP contribution in [-0.2, 0) is 11.3 Å². The predicted molar refractivity (Wildman–Crippen MR) is 103 cm³/mol. The zero-order valence-electron chi connectivity index (χ0n) is 14.3. The molecule has 2 atom stereocenters. The lowest BCUT2D eigenvalue weighted by atomic mass is 10.1. The van der Waals surface area contributed by atoms with Crippen molar-refractivity contribution in [1.29, 1.82) is 0 Å². The Hall–Kier alpha value is -1.59. The maximum absolute atomic E-state index is 12.8. The fourth-order valence-electron chi connectivity index (χ4n) is 3.76. The van der Waals surface area contributed by atoms with Gasteiger partial charge in [-0.15, -0.1) is 0 Å². The first-order valence-electron chi connectivity index (χ1n) is 8.76. The van der Waals surface area contributed by atoms with E-state index < -0.39 is 0 Å². The molecule has 0 bridgehead atoms. The summed E-state index contributed by atoms with van der Waals surface area (Å²) in [5.41, 5.74) is 1.84. The molecule has 6 heteroatoms. The molecule has 2 unspecified atom stereocenters. The van der Waals surface area contributed by atoms with Crippen LogP contribution in [0.1, 0.15) is 15.9 Å². The van der Waals surface area contributed by atoms with E-state index >= 15 is 0 Å². The van der Waals surface area contributed by atoms with Gasteiger partial charge in [0, 0.05) is 31.7 Å². The van der Waals surface area contributed by atoms with Crippen molar-refractivity contribution in [2.75, 3.05) is 26.2 Å².